The molecule has 5 rings (SSSR count). The number of para-hydroxylation sites is 1. The summed E-state index contributed by atoms with van der Waals surface area (Å²) in [6.45, 7) is 1.57. The van der Waals surface area contributed by atoms with E-state index in [1.54, 1.807) is 6.92 Å². The van der Waals surface area contributed by atoms with Crippen molar-refractivity contribution >= 4 is 39.2 Å². The molecule has 1 aliphatic carbocycles. The predicted octanol–water partition coefficient (Wildman–Crippen LogP) is 5.03. The summed E-state index contributed by atoms with van der Waals surface area (Å²) in [5, 5.41) is 5.87. The maximum Gasteiger partial charge on any atom is 0.339 e. The van der Waals surface area contributed by atoms with Crippen LogP contribution in [0.1, 0.15) is 35.0 Å². The van der Waals surface area contributed by atoms with Gasteiger partial charge in [0.1, 0.15) is 0 Å². The van der Waals surface area contributed by atoms with Crippen LogP contribution < -0.4 is 5.32 Å². The minimum Gasteiger partial charge on any atom is -0.449 e. The van der Waals surface area contributed by atoms with Crippen LogP contribution in [0.3, 0.4) is 0 Å². The van der Waals surface area contributed by atoms with E-state index in [9.17, 15) is 9.59 Å². The van der Waals surface area contributed by atoms with Gasteiger partial charge in [-0.3, -0.25) is 15.1 Å². The lowest BCUT2D eigenvalue weighted by atomic mass is 10.0. The van der Waals surface area contributed by atoms with Gasteiger partial charge in [-0.05, 0) is 37.8 Å². The Hall–Kier alpha value is -3.58. The molecular weight excluding hydrogens is 422 g/mol. The van der Waals surface area contributed by atoms with Crippen LogP contribution in [0, 0.1) is 0 Å². The number of hydrogen-bond acceptors (Lipinski definition) is 6. The third-order valence-corrected chi connectivity index (χ3v) is 6.34. The van der Waals surface area contributed by atoms with Gasteiger partial charge < -0.3 is 4.74 Å². The molecule has 2 aromatic heterocycles. The van der Waals surface area contributed by atoms with Gasteiger partial charge in [-0.25, -0.2) is 9.78 Å². The third-order valence-electron chi connectivity index (χ3n) is 5.58. The van der Waals surface area contributed by atoms with Crippen molar-refractivity contribution < 1.29 is 14.3 Å². The number of carbonyl (C=O) groups excluding carboxylic acids is 2. The maximum absolute atomic E-state index is 13.1. The van der Waals surface area contributed by atoms with Crippen molar-refractivity contribution in [2.75, 3.05) is 5.32 Å². The zero-order valence-electron chi connectivity index (χ0n) is 17.5. The zero-order valence-corrected chi connectivity index (χ0v) is 18.3. The number of aryl methyl sites for hydroxylation is 1. The molecule has 6 nitrogen and oxygen atoms in total. The molecule has 1 atom stereocenters. The molecule has 0 aliphatic heterocycles. The second-order valence-corrected chi connectivity index (χ2v) is 8.58. The fourth-order valence-electron chi connectivity index (χ4n) is 4.00. The predicted molar refractivity (Wildman–Crippen MR) is 125 cm³/mol. The van der Waals surface area contributed by atoms with Gasteiger partial charge in [-0.15, -0.1) is 11.3 Å². The number of pyridine rings is 1. The number of ether oxygens (including phenoxy) is 1. The number of nitrogens with one attached hydrogen (secondary N) is 1. The molecule has 2 heterocycles. The van der Waals surface area contributed by atoms with E-state index in [1.807, 2.05) is 60.0 Å². The molecule has 0 fully saturated rings. The fraction of sp³-hybridized carbons (Fsp3) is 0.200. The molecule has 160 valence electrons. The molecule has 1 N–H and O–H groups in total. The molecular formula is C25H21N3O3S. The molecule has 1 amide bonds. The van der Waals surface area contributed by atoms with Crippen molar-refractivity contribution in [3.8, 4) is 11.3 Å². The second-order valence-electron chi connectivity index (χ2n) is 7.72. The van der Waals surface area contributed by atoms with Gasteiger partial charge in [0.15, 0.2) is 11.2 Å². The number of hydrogen-bond donors (Lipinski definition) is 1. The monoisotopic (exact) mass is 443 g/mol. The average molecular weight is 444 g/mol. The van der Waals surface area contributed by atoms with Gasteiger partial charge in [-0.2, -0.15) is 0 Å². The van der Waals surface area contributed by atoms with Crippen molar-refractivity contribution in [1.82, 2.24) is 9.97 Å². The summed E-state index contributed by atoms with van der Waals surface area (Å²) < 4.78 is 5.59. The van der Waals surface area contributed by atoms with Crippen molar-refractivity contribution in [2.45, 2.75) is 32.3 Å². The van der Waals surface area contributed by atoms with Gasteiger partial charge in [0.25, 0.3) is 5.91 Å². The van der Waals surface area contributed by atoms with Crippen LogP contribution in [0.2, 0.25) is 0 Å². The first kappa shape index (κ1) is 20.3. The Labute approximate surface area is 189 Å². The zero-order chi connectivity index (χ0) is 22.1. The van der Waals surface area contributed by atoms with Gasteiger partial charge in [0.2, 0.25) is 0 Å². The molecule has 7 heteroatoms. The lowest BCUT2D eigenvalue weighted by molar-refractivity contribution is -0.123. The number of esters is 1. The summed E-state index contributed by atoms with van der Waals surface area (Å²) in [6.07, 6.45) is 1.64. The first-order valence-corrected chi connectivity index (χ1v) is 11.4. The van der Waals surface area contributed by atoms with E-state index in [-0.39, 0.29) is 0 Å². The number of aromatic nitrogens is 2. The van der Waals surface area contributed by atoms with Gasteiger partial charge in [0.05, 0.1) is 16.8 Å². The molecule has 0 spiro atoms. The SMILES string of the molecule is CC(OC(=O)c1c2c(nc3ccccc13)CCC2)C(=O)Nc1nc(-c2ccccc2)cs1. The van der Waals surface area contributed by atoms with E-state index in [0.29, 0.717) is 10.7 Å². The van der Waals surface area contributed by atoms with Crippen molar-refractivity contribution in [2.24, 2.45) is 0 Å². The Morgan fingerprint density at radius 3 is 2.66 bits per heavy atom. The first-order chi connectivity index (χ1) is 15.6. The maximum atomic E-state index is 13.1. The topological polar surface area (TPSA) is 81.2 Å². The second kappa shape index (κ2) is 8.51. The van der Waals surface area contributed by atoms with Crippen LogP contribution in [0.4, 0.5) is 5.13 Å². The molecule has 4 aromatic rings. The first-order valence-electron chi connectivity index (χ1n) is 10.5. The van der Waals surface area contributed by atoms with Crippen LogP contribution in [0.25, 0.3) is 22.2 Å². The molecule has 0 radical (unpaired) electrons. The van der Waals surface area contributed by atoms with Crippen molar-refractivity contribution in [3.63, 3.8) is 0 Å². The van der Waals surface area contributed by atoms with Gasteiger partial charge >= 0.3 is 5.97 Å². The standard InChI is InChI=1S/C25H21N3O3S/c1-15(23(29)28-25-27-21(14-32-25)16-8-3-2-4-9-16)31-24(30)22-17-10-5-6-12-19(17)26-20-13-7-11-18(20)22/h2-6,8-10,12,14-15H,7,11,13H2,1H3,(H,27,28,29). The summed E-state index contributed by atoms with van der Waals surface area (Å²) in [5.74, 6) is -0.907. The summed E-state index contributed by atoms with van der Waals surface area (Å²) in [7, 11) is 0. The number of amides is 1. The quantitative estimate of drug-likeness (QED) is 0.438. The van der Waals surface area contributed by atoms with E-state index in [4.69, 9.17) is 9.72 Å². The fourth-order valence-corrected chi connectivity index (χ4v) is 4.72. The molecule has 1 aliphatic rings. The highest BCUT2D eigenvalue weighted by atomic mass is 32.1. The molecule has 2 aromatic carbocycles. The summed E-state index contributed by atoms with van der Waals surface area (Å²) in [4.78, 5) is 35.0. The number of rotatable bonds is 5. The van der Waals surface area contributed by atoms with Crippen molar-refractivity contribution in [3.05, 3.63) is 76.8 Å². The Bertz CT molecular complexity index is 1320. The normalized spacial score (nSPS) is 13.5. The molecule has 1 unspecified atom stereocenters. The number of carbonyl (C=O) groups is 2. The van der Waals surface area contributed by atoms with Crippen LogP contribution in [0.15, 0.2) is 60.0 Å². The van der Waals surface area contributed by atoms with Gasteiger partial charge in [0, 0.05) is 22.0 Å². The average Bonchev–Trinajstić information content (AvgIpc) is 3.47. The highest BCUT2D eigenvalue weighted by molar-refractivity contribution is 7.14. The molecule has 0 saturated heterocycles. The van der Waals surface area contributed by atoms with E-state index in [1.165, 1.54) is 11.3 Å². The number of fused-ring (bicyclic) bond motifs is 2. The molecule has 0 bridgehead atoms. The molecule has 0 saturated carbocycles. The minimum absolute atomic E-state index is 0.415. The van der Waals surface area contributed by atoms with E-state index >= 15 is 0 Å². The van der Waals surface area contributed by atoms with Crippen LogP contribution in [0.5, 0.6) is 0 Å². The highest BCUT2D eigenvalue weighted by Gasteiger charge is 2.27. The molecule has 32 heavy (non-hydrogen) atoms. The summed E-state index contributed by atoms with van der Waals surface area (Å²) in [6, 6.07) is 17.3. The van der Waals surface area contributed by atoms with Crippen molar-refractivity contribution in [1.29, 1.82) is 0 Å². The van der Waals surface area contributed by atoms with E-state index in [0.717, 1.165) is 52.7 Å². The highest BCUT2D eigenvalue weighted by Crippen LogP contribution is 2.31. The van der Waals surface area contributed by atoms with E-state index < -0.39 is 18.0 Å². The number of nitrogens with zero attached hydrogens (tertiary/aromatic N) is 2. The van der Waals surface area contributed by atoms with Crippen LogP contribution in [-0.4, -0.2) is 27.9 Å². The number of anilines is 1. The Balaban J connectivity index is 1.33. The lowest BCUT2D eigenvalue weighted by Gasteiger charge is -2.15. The smallest absolute Gasteiger partial charge is 0.339 e. The van der Waals surface area contributed by atoms with Crippen LogP contribution >= 0.6 is 11.3 Å². The van der Waals surface area contributed by atoms with Crippen LogP contribution in [-0.2, 0) is 22.4 Å². The summed E-state index contributed by atoms with van der Waals surface area (Å²) >= 11 is 1.33. The Morgan fingerprint density at radius 2 is 1.81 bits per heavy atom. The van der Waals surface area contributed by atoms with E-state index in [2.05, 4.69) is 10.3 Å². The Morgan fingerprint density at radius 1 is 1.03 bits per heavy atom. The Kier molecular flexibility index (Phi) is 5.41. The third kappa shape index (κ3) is 3.87. The summed E-state index contributed by atoms with van der Waals surface area (Å²) in [5.41, 5.74) is 4.95. The lowest BCUT2D eigenvalue weighted by Crippen LogP contribution is -2.30. The minimum atomic E-state index is -0.962. The largest absolute Gasteiger partial charge is 0.449 e. The van der Waals surface area contributed by atoms with Gasteiger partial charge in [-0.1, -0.05) is 48.5 Å². The number of thiazole rings is 1. The number of benzene rings is 2.